The second kappa shape index (κ2) is 4.87. The lowest BCUT2D eigenvalue weighted by Crippen LogP contribution is -2.29. The smallest absolute Gasteiger partial charge is 0.195 e. The van der Waals surface area contributed by atoms with Crippen molar-refractivity contribution in [2.75, 3.05) is 25.1 Å². The summed E-state index contributed by atoms with van der Waals surface area (Å²) in [6, 6.07) is 0. The molecule has 5 nitrogen and oxygen atoms in total. The molecule has 1 aliphatic rings. The van der Waals surface area contributed by atoms with Gasteiger partial charge in [0.25, 0.3) is 0 Å². The van der Waals surface area contributed by atoms with Crippen LogP contribution in [-0.2, 0) is 11.3 Å². The minimum atomic E-state index is 0.334. The van der Waals surface area contributed by atoms with Crippen molar-refractivity contribution in [3.63, 3.8) is 0 Å². The third-order valence-electron chi connectivity index (χ3n) is 3.40. The largest absolute Gasteiger partial charge is 0.376 e. The summed E-state index contributed by atoms with van der Waals surface area (Å²) in [5, 5.41) is 2.03. The van der Waals surface area contributed by atoms with Crippen LogP contribution in [0.4, 0.5) is 5.82 Å². The molecule has 98 valence electrons. The number of fused-ring (bicyclic) bond motifs is 1. The van der Waals surface area contributed by atoms with E-state index in [0.29, 0.717) is 12.6 Å². The number of thiazole rings is 1. The van der Waals surface area contributed by atoms with Crippen molar-refractivity contribution < 1.29 is 4.74 Å². The highest BCUT2D eigenvalue weighted by atomic mass is 32.1. The topological polar surface area (TPSA) is 55.8 Å². The number of hydrogen-bond acceptors (Lipinski definition) is 5. The average Bonchev–Trinajstić information content (AvgIpc) is 3.03. The predicted molar refractivity (Wildman–Crippen MR) is 73.2 cm³/mol. The predicted octanol–water partition coefficient (Wildman–Crippen LogP) is 1.47. The summed E-state index contributed by atoms with van der Waals surface area (Å²) < 4.78 is 7.74. The van der Waals surface area contributed by atoms with Gasteiger partial charge in [-0.05, 0) is 12.8 Å². The van der Waals surface area contributed by atoms with Gasteiger partial charge < -0.3 is 15.4 Å². The molecule has 6 heteroatoms. The summed E-state index contributed by atoms with van der Waals surface area (Å²) in [6.45, 7) is 2.28. The van der Waals surface area contributed by atoms with Gasteiger partial charge in [-0.15, -0.1) is 11.3 Å². The molecule has 1 saturated heterocycles. The fourth-order valence-corrected chi connectivity index (χ4v) is 3.22. The van der Waals surface area contributed by atoms with Crippen LogP contribution in [0.15, 0.2) is 11.6 Å². The van der Waals surface area contributed by atoms with Crippen LogP contribution in [-0.4, -0.2) is 35.7 Å². The van der Waals surface area contributed by atoms with Crippen LogP contribution in [0.3, 0.4) is 0 Å². The molecule has 0 aromatic carbocycles. The fraction of sp³-hybridized carbons (Fsp3) is 0.583. The Bertz CT molecular complexity index is 529. The van der Waals surface area contributed by atoms with E-state index in [2.05, 4.69) is 21.3 Å². The lowest BCUT2D eigenvalue weighted by Gasteiger charge is -2.21. The van der Waals surface area contributed by atoms with E-state index in [4.69, 9.17) is 10.5 Å². The molecule has 2 aromatic heterocycles. The lowest BCUT2D eigenvalue weighted by atomic mass is 10.2. The zero-order chi connectivity index (χ0) is 12.5. The molecule has 0 spiro atoms. The minimum Gasteiger partial charge on any atom is -0.376 e. The molecule has 0 amide bonds. The first-order chi connectivity index (χ1) is 8.79. The van der Waals surface area contributed by atoms with Gasteiger partial charge >= 0.3 is 0 Å². The monoisotopic (exact) mass is 266 g/mol. The van der Waals surface area contributed by atoms with Gasteiger partial charge in [0.2, 0.25) is 0 Å². The van der Waals surface area contributed by atoms with Gasteiger partial charge in [-0.1, -0.05) is 0 Å². The Morgan fingerprint density at radius 3 is 3.28 bits per heavy atom. The Morgan fingerprint density at radius 1 is 1.67 bits per heavy atom. The highest BCUT2D eigenvalue weighted by molar-refractivity contribution is 7.15. The maximum Gasteiger partial charge on any atom is 0.195 e. The van der Waals surface area contributed by atoms with Gasteiger partial charge in [0, 0.05) is 38.3 Å². The molecule has 18 heavy (non-hydrogen) atoms. The summed E-state index contributed by atoms with van der Waals surface area (Å²) in [4.78, 5) is 7.83. The van der Waals surface area contributed by atoms with Crippen LogP contribution in [0, 0.1) is 0 Å². The molecular formula is C12H18N4OS. The molecule has 1 fully saturated rings. The molecule has 2 N–H and O–H groups in total. The number of nitrogens with zero attached hydrogens (tertiary/aromatic N) is 3. The number of likely N-dealkylation sites (N-methyl/N-ethyl adjacent to an activating group) is 1. The summed E-state index contributed by atoms with van der Waals surface area (Å²) in [7, 11) is 2.06. The van der Waals surface area contributed by atoms with E-state index in [1.54, 1.807) is 11.3 Å². The van der Waals surface area contributed by atoms with E-state index >= 15 is 0 Å². The quantitative estimate of drug-likeness (QED) is 0.910. The van der Waals surface area contributed by atoms with E-state index in [1.165, 1.54) is 6.42 Å². The van der Waals surface area contributed by atoms with E-state index in [9.17, 15) is 0 Å². The molecule has 1 unspecified atom stereocenters. The van der Waals surface area contributed by atoms with Gasteiger partial charge in [0.15, 0.2) is 10.8 Å². The molecule has 0 radical (unpaired) electrons. The highest BCUT2D eigenvalue weighted by Crippen LogP contribution is 2.24. The number of imidazole rings is 1. The molecule has 3 rings (SSSR count). The van der Waals surface area contributed by atoms with Crippen LogP contribution < -0.4 is 10.6 Å². The maximum absolute atomic E-state index is 5.85. The number of rotatable bonds is 4. The molecule has 3 heterocycles. The van der Waals surface area contributed by atoms with Crippen molar-refractivity contribution in [1.82, 2.24) is 9.38 Å². The first-order valence-corrected chi connectivity index (χ1v) is 7.15. The van der Waals surface area contributed by atoms with E-state index in [1.807, 2.05) is 11.6 Å². The highest BCUT2D eigenvalue weighted by Gasteiger charge is 2.21. The number of ether oxygens (including phenoxy) is 1. The van der Waals surface area contributed by atoms with Crippen LogP contribution in [0.25, 0.3) is 4.96 Å². The Labute approximate surface area is 110 Å². The zero-order valence-corrected chi connectivity index (χ0v) is 11.3. The van der Waals surface area contributed by atoms with Crippen LogP contribution in [0.2, 0.25) is 0 Å². The number of nitrogens with two attached hydrogens (primary N) is 1. The maximum atomic E-state index is 5.85. The van der Waals surface area contributed by atoms with Crippen molar-refractivity contribution in [1.29, 1.82) is 0 Å². The SMILES string of the molecule is CN(CC1CCCO1)c1nc2sccn2c1CN. The van der Waals surface area contributed by atoms with E-state index < -0.39 is 0 Å². The van der Waals surface area contributed by atoms with Crippen LogP contribution in [0.5, 0.6) is 0 Å². The molecule has 2 aromatic rings. The van der Waals surface area contributed by atoms with Gasteiger partial charge in [0.05, 0.1) is 11.8 Å². The Balaban J connectivity index is 1.85. The standard InChI is InChI=1S/C12H18N4OS/c1-15(8-9-3-2-5-17-9)11-10(7-13)16-4-6-18-12(16)14-11/h4,6,9H,2-3,5,7-8,13H2,1H3. The normalized spacial score (nSPS) is 19.8. The Hall–Kier alpha value is -1.11. The summed E-state index contributed by atoms with van der Waals surface area (Å²) in [5.74, 6) is 0.986. The third-order valence-corrected chi connectivity index (χ3v) is 4.15. The van der Waals surface area contributed by atoms with Crippen molar-refractivity contribution in [3.8, 4) is 0 Å². The molecule has 0 bridgehead atoms. The lowest BCUT2D eigenvalue weighted by molar-refractivity contribution is 0.116. The van der Waals surface area contributed by atoms with Gasteiger partial charge in [-0.25, -0.2) is 4.98 Å². The minimum absolute atomic E-state index is 0.334. The van der Waals surface area contributed by atoms with Crippen LogP contribution in [0.1, 0.15) is 18.5 Å². The first-order valence-electron chi connectivity index (χ1n) is 6.27. The summed E-state index contributed by atoms with van der Waals surface area (Å²) in [6.07, 6.45) is 4.67. The van der Waals surface area contributed by atoms with Crippen molar-refractivity contribution in [2.45, 2.75) is 25.5 Å². The fourth-order valence-electron chi connectivity index (χ4n) is 2.50. The molecule has 1 aliphatic heterocycles. The molecule has 0 saturated carbocycles. The van der Waals surface area contributed by atoms with Crippen LogP contribution >= 0.6 is 11.3 Å². The molecule has 1 atom stereocenters. The second-order valence-corrected chi connectivity index (χ2v) is 5.53. The average molecular weight is 266 g/mol. The first kappa shape index (κ1) is 12.0. The number of anilines is 1. The molecule has 0 aliphatic carbocycles. The van der Waals surface area contributed by atoms with E-state index in [-0.39, 0.29) is 0 Å². The van der Waals surface area contributed by atoms with E-state index in [0.717, 1.165) is 36.0 Å². The Morgan fingerprint density at radius 2 is 2.56 bits per heavy atom. The van der Waals surface area contributed by atoms with Crippen molar-refractivity contribution in [2.24, 2.45) is 5.73 Å². The zero-order valence-electron chi connectivity index (χ0n) is 10.5. The summed E-state index contributed by atoms with van der Waals surface area (Å²) >= 11 is 1.64. The number of aromatic nitrogens is 2. The number of hydrogen-bond donors (Lipinski definition) is 1. The van der Waals surface area contributed by atoms with Gasteiger partial charge in [-0.2, -0.15) is 0 Å². The Kier molecular flexibility index (Phi) is 3.23. The summed E-state index contributed by atoms with van der Waals surface area (Å²) in [5.41, 5.74) is 6.93. The molecular weight excluding hydrogens is 248 g/mol. The second-order valence-electron chi connectivity index (χ2n) is 4.66. The van der Waals surface area contributed by atoms with Gasteiger partial charge in [-0.3, -0.25) is 4.40 Å². The van der Waals surface area contributed by atoms with Gasteiger partial charge in [0.1, 0.15) is 0 Å². The van der Waals surface area contributed by atoms with Crippen molar-refractivity contribution in [3.05, 3.63) is 17.3 Å². The third kappa shape index (κ3) is 2.00. The van der Waals surface area contributed by atoms with Crippen molar-refractivity contribution >= 4 is 22.1 Å².